The van der Waals surface area contributed by atoms with Crippen LogP contribution in [0.15, 0.2) is 13.6 Å². The number of halogens is 2. The molecule has 1 aromatic rings. The average molecular weight is 404 g/mol. The second kappa shape index (κ2) is 7.78. The molecule has 0 saturated carbocycles. The van der Waals surface area contributed by atoms with Crippen LogP contribution in [0, 0.1) is 0 Å². The van der Waals surface area contributed by atoms with Crippen LogP contribution in [-0.4, -0.2) is 35.2 Å². The Hall–Kier alpha value is 0.440. The van der Waals surface area contributed by atoms with E-state index in [1.165, 1.54) is 11.3 Å². The van der Waals surface area contributed by atoms with E-state index in [-0.39, 0.29) is 11.5 Å². The van der Waals surface area contributed by atoms with Crippen LogP contribution in [-0.2, 0) is 15.5 Å². The molecule has 0 radical (unpaired) electrons. The highest BCUT2D eigenvalue weighted by Gasteiger charge is 2.16. The third-order valence-electron chi connectivity index (χ3n) is 1.97. The molecule has 1 aromatic heterocycles. The molecule has 1 unspecified atom stereocenters. The van der Waals surface area contributed by atoms with Crippen LogP contribution < -0.4 is 0 Å². The van der Waals surface area contributed by atoms with Crippen LogP contribution in [0.2, 0.25) is 0 Å². The number of carbonyl (C=O) groups is 1. The van der Waals surface area contributed by atoms with E-state index in [4.69, 9.17) is 4.74 Å². The van der Waals surface area contributed by atoms with E-state index in [1.807, 2.05) is 0 Å². The van der Waals surface area contributed by atoms with Crippen LogP contribution in [0.1, 0.15) is 16.8 Å². The standard InChI is InChI=1S/C10H12Br2O3S2/c1-15-3-2-4-17(14)6-8(13)7-5-9(11)16-10(7)12/h5H,2-4,6H2,1H3. The lowest BCUT2D eigenvalue weighted by Crippen LogP contribution is -2.14. The first-order valence-corrected chi connectivity index (χ1v) is 8.75. The summed E-state index contributed by atoms with van der Waals surface area (Å²) in [4.78, 5) is 11.9. The number of thiophene rings is 1. The topological polar surface area (TPSA) is 43.4 Å². The lowest BCUT2D eigenvalue weighted by molar-refractivity contribution is 0.102. The van der Waals surface area contributed by atoms with Gasteiger partial charge in [0.15, 0.2) is 5.78 Å². The molecular formula is C10H12Br2O3S2. The maximum atomic E-state index is 11.9. The summed E-state index contributed by atoms with van der Waals surface area (Å²) in [6.07, 6.45) is 0.713. The number of hydrogen-bond acceptors (Lipinski definition) is 4. The molecule has 1 atom stereocenters. The van der Waals surface area contributed by atoms with Crippen LogP contribution in [0.3, 0.4) is 0 Å². The van der Waals surface area contributed by atoms with E-state index in [0.29, 0.717) is 24.3 Å². The number of carbonyl (C=O) groups excluding carboxylic acids is 1. The van der Waals surface area contributed by atoms with Crippen molar-refractivity contribution in [2.45, 2.75) is 6.42 Å². The van der Waals surface area contributed by atoms with Gasteiger partial charge in [-0.25, -0.2) is 0 Å². The Morgan fingerprint density at radius 2 is 2.24 bits per heavy atom. The molecule has 1 rings (SSSR count). The largest absolute Gasteiger partial charge is 0.385 e. The SMILES string of the molecule is COCCCS(=O)CC(=O)c1cc(Br)sc1Br. The van der Waals surface area contributed by atoms with Crippen LogP contribution in [0.4, 0.5) is 0 Å². The van der Waals surface area contributed by atoms with E-state index >= 15 is 0 Å². The van der Waals surface area contributed by atoms with Crippen molar-refractivity contribution in [2.24, 2.45) is 0 Å². The summed E-state index contributed by atoms with van der Waals surface area (Å²) in [5.74, 6) is 0.489. The van der Waals surface area contributed by atoms with Crippen LogP contribution in [0.5, 0.6) is 0 Å². The van der Waals surface area contributed by atoms with Gasteiger partial charge in [-0.2, -0.15) is 0 Å². The zero-order valence-electron chi connectivity index (χ0n) is 9.20. The fourth-order valence-corrected chi connectivity index (χ4v) is 5.08. The highest BCUT2D eigenvalue weighted by molar-refractivity contribution is 9.12. The Balaban J connectivity index is 2.49. The van der Waals surface area contributed by atoms with Crippen molar-refractivity contribution in [3.8, 4) is 0 Å². The fourth-order valence-electron chi connectivity index (χ4n) is 1.19. The predicted molar refractivity (Wildman–Crippen MR) is 78.4 cm³/mol. The number of methoxy groups -OCH3 is 1. The summed E-state index contributed by atoms with van der Waals surface area (Å²) in [6.45, 7) is 0.577. The van der Waals surface area contributed by atoms with Gasteiger partial charge in [-0.05, 0) is 44.3 Å². The van der Waals surface area contributed by atoms with Crippen molar-refractivity contribution in [3.63, 3.8) is 0 Å². The van der Waals surface area contributed by atoms with Crippen molar-refractivity contribution in [1.29, 1.82) is 0 Å². The first kappa shape index (κ1) is 15.5. The molecule has 0 N–H and O–H groups in total. The van der Waals surface area contributed by atoms with Crippen molar-refractivity contribution in [1.82, 2.24) is 0 Å². The van der Waals surface area contributed by atoms with Gasteiger partial charge < -0.3 is 4.74 Å². The third kappa shape index (κ3) is 5.30. The normalized spacial score (nSPS) is 12.6. The van der Waals surface area contributed by atoms with E-state index in [1.54, 1.807) is 13.2 Å². The summed E-state index contributed by atoms with van der Waals surface area (Å²) in [7, 11) is 0.493. The highest BCUT2D eigenvalue weighted by atomic mass is 79.9. The minimum Gasteiger partial charge on any atom is -0.385 e. The summed E-state index contributed by atoms with van der Waals surface area (Å²) in [5.41, 5.74) is 0.599. The van der Waals surface area contributed by atoms with Crippen LogP contribution in [0.25, 0.3) is 0 Å². The molecule has 0 aromatic carbocycles. The zero-order chi connectivity index (χ0) is 12.8. The van der Waals surface area contributed by atoms with E-state index in [2.05, 4.69) is 31.9 Å². The number of rotatable bonds is 7. The molecule has 0 amide bonds. The van der Waals surface area contributed by atoms with E-state index in [9.17, 15) is 9.00 Å². The Bertz CT molecular complexity index is 418. The first-order valence-electron chi connectivity index (χ1n) is 4.86. The smallest absolute Gasteiger partial charge is 0.177 e. The Labute approximate surface area is 124 Å². The Kier molecular flexibility index (Phi) is 7.10. The molecule has 17 heavy (non-hydrogen) atoms. The van der Waals surface area contributed by atoms with Gasteiger partial charge in [0.25, 0.3) is 0 Å². The molecule has 0 saturated heterocycles. The van der Waals surface area contributed by atoms with Gasteiger partial charge in [0.1, 0.15) is 0 Å². The van der Waals surface area contributed by atoms with Crippen molar-refractivity contribution < 1.29 is 13.7 Å². The monoisotopic (exact) mass is 402 g/mol. The van der Waals surface area contributed by atoms with Crippen molar-refractivity contribution in [3.05, 3.63) is 19.2 Å². The zero-order valence-corrected chi connectivity index (χ0v) is 14.0. The fraction of sp³-hybridized carbons (Fsp3) is 0.500. The molecule has 0 bridgehead atoms. The Morgan fingerprint density at radius 3 is 2.76 bits per heavy atom. The molecule has 1 heterocycles. The van der Waals surface area contributed by atoms with Gasteiger partial charge in [-0.15, -0.1) is 11.3 Å². The average Bonchev–Trinajstić information content (AvgIpc) is 2.58. The lowest BCUT2D eigenvalue weighted by Gasteiger charge is -2.01. The summed E-state index contributed by atoms with van der Waals surface area (Å²) in [5, 5.41) is 0. The van der Waals surface area contributed by atoms with Gasteiger partial charge in [-0.3, -0.25) is 9.00 Å². The van der Waals surface area contributed by atoms with Gasteiger partial charge in [-0.1, -0.05) is 0 Å². The molecule has 0 aliphatic rings. The minimum absolute atomic E-state index is 0.0749. The molecule has 7 heteroatoms. The summed E-state index contributed by atoms with van der Waals surface area (Å²) >= 11 is 8.07. The quantitative estimate of drug-likeness (QED) is 0.518. The van der Waals surface area contributed by atoms with Gasteiger partial charge in [0, 0.05) is 35.8 Å². The second-order valence-electron chi connectivity index (χ2n) is 3.30. The second-order valence-corrected chi connectivity index (χ2v) is 8.62. The number of hydrogen-bond donors (Lipinski definition) is 0. The predicted octanol–water partition coefficient (Wildman–Crippen LogP) is 3.24. The molecule has 3 nitrogen and oxygen atoms in total. The minimum atomic E-state index is -1.11. The first-order chi connectivity index (χ1) is 8.04. The summed E-state index contributed by atoms with van der Waals surface area (Å²) < 4.78 is 18.2. The maximum absolute atomic E-state index is 11.9. The highest BCUT2D eigenvalue weighted by Crippen LogP contribution is 2.32. The van der Waals surface area contributed by atoms with Crippen molar-refractivity contribution >= 4 is 59.8 Å². The van der Waals surface area contributed by atoms with E-state index < -0.39 is 10.8 Å². The molecule has 0 aliphatic heterocycles. The van der Waals surface area contributed by atoms with E-state index in [0.717, 1.165) is 7.57 Å². The number of Topliss-reactive ketones (excluding diaryl/α,β-unsaturated/α-hetero) is 1. The van der Waals surface area contributed by atoms with Gasteiger partial charge in [0.05, 0.1) is 13.3 Å². The Morgan fingerprint density at radius 1 is 1.53 bits per heavy atom. The van der Waals surface area contributed by atoms with Crippen LogP contribution >= 0.6 is 43.2 Å². The third-order valence-corrected chi connectivity index (χ3v) is 5.64. The number of ether oxygens (including phenoxy) is 1. The van der Waals surface area contributed by atoms with Gasteiger partial charge in [0.2, 0.25) is 0 Å². The molecule has 0 fully saturated rings. The summed E-state index contributed by atoms with van der Waals surface area (Å²) in [6, 6.07) is 1.75. The molecule has 0 aliphatic carbocycles. The molecular weight excluding hydrogens is 392 g/mol. The lowest BCUT2D eigenvalue weighted by atomic mass is 10.2. The number of ketones is 1. The van der Waals surface area contributed by atoms with Gasteiger partial charge >= 0.3 is 0 Å². The maximum Gasteiger partial charge on any atom is 0.177 e. The van der Waals surface area contributed by atoms with Crippen molar-refractivity contribution in [2.75, 3.05) is 25.2 Å². The molecule has 0 spiro atoms. The molecule has 96 valence electrons.